The Bertz CT molecular complexity index is 1340. The normalized spacial score (nSPS) is 29.4. The Hall–Kier alpha value is -3.14. The van der Waals surface area contributed by atoms with Crippen molar-refractivity contribution in [2.75, 3.05) is 52.3 Å². The maximum atomic E-state index is 15.0. The first-order valence-electron chi connectivity index (χ1n) is 12.4. The number of rotatable bonds is 3. The number of likely N-dealkylation sites (N-methyl/N-ethyl adjacent to an activating group) is 1. The number of likely N-dealkylation sites (tertiary alicyclic amines) is 1. The zero-order valence-electron chi connectivity index (χ0n) is 21.1. The van der Waals surface area contributed by atoms with E-state index in [9.17, 15) is 9.59 Å². The van der Waals surface area contributed by atoms with Gasteiger partial charge in [-0.05, 0) is 25.6 Å². The monoisotopic (exact) mass is 519 g/mol. The SMILES string of the molecule is COC(=O)[C@@H]1CN(C)[C@@]2(C(=O)Nc3ccccc32)[C@]12SC(N1CCOCC1)=C(c1ccc(C)cc1)C2=O. The van der Waals surface area contributed by atoms with Crippen molar-refractivity contribution in [3.8, 4) is 0 Å². The van der Waals surface area contributed by atoms with Crippen molar-refractivity contribution in [2.45, 2.75) is 17.2 Å². The molecule has 0 aliphatic carbocycles. The van der Waals surface area contributed by atoms with Crippen molar-refractivity contribution in [3.63, 3.8) is 0 Å². The average Bonchev–Trinajstić information content (AvgIpc) is 3.49. The number of nitrogens with zero attached hydrogens (tertiary/aromatic N) is 2. The summed E-state index contributed by atoms with van der Waals surface area (Å²) in [5.74, 6) is -1.85. The number of carbonyl (C=O) groups excluding carboxylic acids is 3. The lowest BCUT2D eigenvalue weighted by Gasteiger charge is -2.42. The molecule has 2 aromatic carbocycles. The molecule has 2 fully saturated rings. The van der Waals surface area contributed by atoms with Crippen molar-refractivity contribution in [1.29, 1.82) is 0 Å². The van der Waals surface area contributed by atoms with E-state index in [0.717, 1.165) is 16.2 Å². The first-order valence-corrected chi connectivity index (χ1v) is 13.3. The maximum Gasteiger partial charge on any atom is 0.311 e. The Morgan fingerprint density at radius 3 is 2.51 bits per heavy atom. The highest BCUT2D eigenvalue weighted by Crippen LogP contribution is 2.66. The molecule has 192 valence electrons. The summed E-state index contributed by atoms with van der Waals surface area (Å²) >= 11 is 1.36. The lowest BCUT2D eigenvalue weighted by Crippen LogP contribution is -2.62. The number of amides is 1. The fraction of sp³-hybridized carbons (Fsp3) is 0.393. The van der Waals surface area contributed by atoms with Gasteiger partial charge in [-0.25, -0.2) is 0 Å². The van der Waals surface area contributed by atoms with Gasteiger partial charge in [0, 0.05) is 30.9 Å². The first kappa shape index (κ1) is 24.2. The largest absolute Gasteiger partial charge is 0.469 e. The minimum atomic E-state index is -1.45. The van der Waals surface area contributed by atoms with E-state index in [0.29, 0.717) is 43.1 Å². The number of morpholine rings is 1. The molecule has 1 N–H and O–H groups in total. The van der Waals surface area contributed by atoms with Gasteiger partial charge in [0.2, 0.25) is 0 Å². The standard InChI is InChI=1S/C28H29N3O5S/c1-17-8-10-18(11-9-17)22-23(32)28(37-24(22)31-12-14-36-15-13-31)20(25(33)35-3)16-30(2)27(28)19-6-4-5-7-21(19)29-26(27)34/h4-11,20H,12-16H2,1-3H3,(H,29,34)/t20-,27-,28-/m0/s1. The van der Waals surface area contributed by atoms with Crippen LogP contribution in [0.5, 0.6) is 0 Å². The Morgan fingerprint density at radius 1 is 1.11 bits per heavy atom. The van der Waals surface area contributed by atoms with Crippen LogP contribution < -0.4 is 5.32 Å². The molecule has 6 rings (SSSR count). The van der Waals surface area contributed by atoms with Gasteiger partial charge in [0.25, 0.3) is 5.91 Å². The van der Waals surface area contributed by atoms with Gasteiger partial charge in [-0.15, -0.1) is 0 Å². The highest BCUT2D eigenvalue weighted by molar-refractivity contribution is 8.06. The van der Waals surface area contributed by atoms with E-state index >= 15 is 4.79 Å². The predicted molar refractivity (Wildman–Crippen MR) is 141 cm³/mol. The van der Waals surface area contributed by atoms with Gasteiger partial charge in [0.1, 0.15) is 4.75 Å². The molecule has 0 aromatic heterocycles. The topological polar surface area (TPSA) is 88.2 Å². The summed E-state index contributed by atoms with van der Waals surface area (Å²) in [6, 6.07) is 15.3. The van der Waals surface area contributed by atoms with Crippen molar-refractivity contribution >= 4 is 40.7 Å². The molecule has 3 atom stereocenters. The summed E-state index contributed by atoms with van der Waals surface area (Å²) in [5.41, 5.74) is 2.40. The number of anilines is 1. The van der Waals surface area contributed by atoms with Crippen LogP contribution in [-0.2, 0) is 29.4 Å². The van der Waals surface area contributed by atoms with E-state index in [1.165, 1.54) is 18.9 Å². The van der Waals surface area contributed by atoms with E-state index in [2.05, 4.69) is 10.2 Å². The number of Topliss-reactive ketones (excluding diaryl/α,β-unsaturated/α-hetero) is 1. The molecule has 9 heteroatoms. The maximum absolute atomic E-state index is 15.0. The number of ether oxygens (including phenoxy) is 2. The zero-order chi connectivity index (χ0) is 25.9. The third kappa shape index (κ3) is 3.14. The summed E-state index contributed by atoms with van der Waals surface area (Å²) in [6.07, 6.45) is 0. The Labute approximate surface area is 220 Å². The third-order valence-electron chi connectivity index (χ3n) is 8.11. The zero-order valence-corrected chi connectivity index (χ0v) is 21.9. The van der Waals surface area contributed by atoms with E-state index in [4.69, 9.17) is 9.47 Å². The molecule has 4 heterocycles. The van der Waals surface area contributed by atoms with Crippen LogP contribution in [0, 0.1) is 12.8 Å². The van der Waals surface area contributed by atoms with Crippen LogP contribution in [0.4, 0.5) is 5.69 Å². The summed E-state index contributed by atoms with van der Waals surface area (Å²) in [7, 11) is 3.16. The predicted octanol–water partition coefficient (Wildman–Crippen LogP) is 2.63. The Kier molecular flexibility index (Phi) is 5.70. The van der Waals surface area contributed by atoms with Crippen molar-refractivity contribution in [1.82, 2.24) is 9.80 Å². The van der Waals surface area contributed by atoms with Gasteiger partial charge in [0.05, 0.1) is 36.8 Å². The number of hydrogen-bond acceptors (Lipinski definition) is 8. The number of esters is 1. The molecular weight excluding hydrogens is 490 g/mol. The smallest absolute Gasteiger partial charge is 0.311 e. The fourth-order valence-corrected chi connectivity index (χ4v) is 8.36. The molecule has 2 saturated heterocycles. The van der Waals surface area contributed by atoms with Crippen LogP contribution in [0.15, 0.2) is 53.6 Å². The lowest BCUT2D eigenvalue weighted by atomic mass is 9.70. The number of methoxy groups -OCH3 is 1. The molecule has 0 bridgehead atoms. The molecule has 1 amide bonds. The van der Waals surface area contributed by atoms with Crippen LogP contribution in [0.3, 0.4) is 0 Å². The van der Waals surface area contributed by atoms with E-state index in [1.54, 1.807) is 0 Å². The van der Waals surface area contributed by atoms with E-state index in [1.807, 2.05) is 67.4 Å². The summed E-state index contributed by atoms with van der Waals surface area (Å²) < 4.78 is 9.43. The average molecular weight is 520 g/mol. The van der Waals surface area contributed by atoms with E-state index < -0.39 is 22.2 Å². The summed E-state index contributed by atoms with van der Waals surface area (Å²) in [5, 5.41) is 3.81. The molecule has 37 heavy (non-hydrogen) atoms. The van der Waals surface area contributed by atoms with Crippen molar-refractivity contribution in [2.24, 2.45) is 5.92 Å². The number of carbonyl (C=O) groups is 3. The fourth-order valence-electron chi connectivity index (χ4n) is 6.41. The number of fused-ring (bicyclic) bond motifs is 3. The number of hydrogen-bond donors (Lipinski definition) is 1. The number of aryl methyl sites for hydroxylation is 1. The quantitative estimate of drug-likeness (QED) is 0.620. The molecular formula is C28H29N3O5S. The minimum absolute atomic E-state index is 0.213. The van der Waals surface area contributed by atoms with E-state index in [-0.39, 0.29) is 18.2 Å². The molecule has 0 radical (unpaired) electrons. The van der Waals surface area contributed by atoms with Gasteiger partial charge < -0.3 is 19.7 Å². The van der Waals surface area contributed by atoms with Crippen LogP contribution in [-0.4, -0.2) is 79.2 Å². The van der Waals surface area contributed by atoms with Gasteiger partial charge >= 0.3 is 5.97 Å². The van der Waals surface area contributed by atoms with Gasteiger partial charge in [-0.2, -0.15) is 0 Å². The van der Waals surface area contributed by atoms with Crippen LogP contribution in [0.2, 0.25) is 0 Å². The highest BCUT2D eigenvalue weighted by Gasteiger charge is 2.78. The first-order chi connectivity index (χ1) is 17.9. The second-order valence-electron chi connectivity index (χ2n) is 9.98. The minimum Gasteiger partial charge on any atom is -0.469 e. The number of allylic oxidation sites excluding steroid dienone is 1. The van der Waals surface area contributed by atoms with Crippen LogP contribution in [0.25, 0.3) is 5.57 Å². The summed E-state index contributed by atoms with van der Waals surface area (Å²) in [6.45, 7) is 4.54. The van der Waals surface area contributed by atoms with Crippen LogP contribution >= 0.6 is 11.8 Å². The Morgan fingerprint density at radius 2 is 1.81 bits per heavy atom. The molecule has 0 saturated carbocycles. The Balaban J connectivity index is 1.62. The molecule has 4 aliphatic rings. The van der Waals surface area contributed by atoms with Crippen molar-refractivity contribution in [3.05, 3.63) is 70.3 Å². The van der Waals surface area contributed by atoms with Gasteiger partial charge in [0.15, 0.2) is 11.3 Å². The number of nitrogens with one attached hydrogen (secondary N) is 1. The molecule has 0 unspecified atom stereocenters. The second kappa shape index (κ2) is 8.72. The van der Waals surface area contributed by atoms with Crippen molar-refractivity contribution < 1.29 is 23.9 Å². The molecule has 2 spiro atoms. The highest BCUT2D eigenvalue weighted by atomic mass is 32.2. The molecule has 2 aromatic rings. The number of benzene rings is 2. The number of para-hydroxylation sites is 1. The third-order valence-corrected chi connectivity index (χ3v) is 9.85. The number of ketones is 1. The number of thioether (sulfide) groups is 1. The van der Waals surface area contributed by atoms with Crippen LogP contribution in [0.1, 0.15) is 16.7 Å². The van der Waals surface area contributed by atoms with Gasteiger partial charge in [-0.3, -0.25) is 19.3 Å². The molecule has 8 nitrogen and oxygen atoms in total. The second-order valence-corrected chi connectivity index (χ2v) is 11.2. The molecule has 4 aliphatic heterocycles. The lowest BCUT2D eigenvalue weighted by molar-refractivity contribution is -0.147. The summed E-state index contributed by atoms with van der Waals surface area (Å²) in [4.78, 5) is 46.5. The van der Waals surface area contributed by atoms with Gasteiger partial charge in [-0.1, -0.05) is 59.8 Å².